The predicted molar refractivity (Wildman–Crippen MR) is 83.7 cm³/mol. The van der Waals surface area contributed by atoms with Crippen LogP contribution in [0, 0.1) is 0 Å². The molecule has 12 heteroatoms. The number of nitrogens with zero attached hydrogens (tertiary/aromatic N) is 4. The van der Waals surface area contributed by atoms with Gasteiger partial charge in [-0.05, 0) is 11.6 Å². The van der Waals surface area contributed by atoms with E-state index in [4.69, 9.17) is 27.9 Å². The summed E-state index contributed by atoms with van der Waals surface area (Å²) in [6.45, 7) is 0. The van der Waals surface area contributed by atoms with E-state index < -0.39 is 10.0 Å². The summed E-state index contributed by atoms with van der Waals surface area (Å²) in [4.78, 5) is 7.76. The van der Waals surface area contributed by atoms with E-state index in [1.807, 2.05) is 0 Å². The van der Waals surface area contributed by atoms with Gasteiger partial charge in [-0.2, -0.15) is 15.1 Å². The summed E-state index contributed by atoms with van der Waals surface area (Å²) < 4.78 is 29.1. The maximum Gasteiger partial charge on any atom is 0.233 e. The van der Waals surface area contributed by atoms with Gasteiger partial charge in [0.05, 0.1) is 13.4 Å². The lowest BCUT2D eigenvalue weighted by atomic mass is 10.5. The van der Waals surface area contributed by atoms with Crippen LogP contribution in [-0.4, -0.2) is 49.0 Å². The molecule has 0 aliphatic rings. The van der Waals surface area contributed by atoms with Crippen LogP contribution in [0.2, 0.25) is 10.3 Å². The fourth-order valence-electron chi connectivity index (χ4n) is 1.45. The highest BCUT2D eigenvalue weighted by molar-refractivity contribution is 7.92. The quantitative estimate of drug-likeness (QED) is 0.773. The van der Waals surface area contributed by atoms with E-state index in [0.717, 1.165) is 10.6 Å². The highest BCUT2D eigenvalue weighted by atomic mass is 35.5. The van der Waals surface area contributed by atoms with Gasteiger partial charge in [-0.3, -0.25) is 4.31 Å². The van der Waals surface area contributed by atoms with Crippen LogP contribution in [0.4, 0.5) is 17.5 Å². The Hall–Kier alpha value is -1.78. The summed E-state index contributed by atoms with van der Waals surface area (Å²) >= 11 is 12.0. The highest BCUT2D eigenvalue weighted by Gasteiger charge is 2.21. The number of aromatic amines is 1. The monoisotopic (exact) mass is 366 g/mol. The highest BCUT2D eigenvalue weighted by Crippen LogP contribution is 2.33. The van der Waals surface area contributed by atoms with Gasteiger partial charge >= 0.3 is 0 Å². The Morgan fingerprint density at radius 2 is 2.05 bits per heavy atom. The number of halogens is 2. The van der Waals surface area contributed by atoms with Crippen LogP contribution in [0.5, 0.6) is 5.88 Å². The van der Waals surface area contributed by atoms with Crippen LogP contribution >= 0.6 is 23.2 Å². The van der Waals surface area contributed by atoms with Gasteiger partial charge in [0, 0.05) is 13.1 Å². The van der Waals surface area contributed by atoms with E-state index in [9.17, 15) is 8.42 Å². The van der Waals surface area contributed by atoms with Crippen LogP contribution in [0.3, 0.4) is 0 Å². The topological polar surface area (TPSA) is 113 Å². The second-order valence-electron chi connectivity index (χ2n) is 4.16. The first-order chi connectivity index (χ1) is 10.2. The van der Waals surface area contributed by atoms with E-state index in [2.05, 4.69) is 25.5 Å². The molecule has 9 nitrogen and oxygen atoms in total. The fourth-order valence-corrected chi connectivity index (χ4v) is 2.37. The van der Waals surface area contributed by atoms with Crippen LogP contribution in [0.1, 0.15) is 0 Å². The Kier molecular flexibility index (Phi) is 4.63. The number of aromatic nitrogens is 4. The molecule has 2 N–H and O–H groups in total. The smallest absolute Gasteiger partial charge is 0.233 e. The summed E-state index contributed by atoms with van der Waals surface area (Å²) in [6, 6.07) is 1.56. The molecule has 2 rings (SSSR count). The molecule has 0 atom stereocenters. The van der Waals surface area contributed by atoms with Gasteiger partial charge in [-0.25, -0.2) is 13.5 Å². The summed E-state index contributed by atoms with van der Waals surface area (Å²) in [7, 11) is -0.770. The van der Waals surface area contributed by atoms with Crippen LogP contribution < -0.4 is 14.4 Å². The number of hydrogen-bond acceptors (Lipinski definition) is 7. The van der Waals surface area contributed by atoms with Crippen LogP contribution in [0.15, 0.2) is 6.07 Å². The van der Waals surface area contributed by atoms with Crippen molar-refractivity contribution in [3.63, 3.8) is 0 Å². The molecule has 0 unspecified atom stereocenters. The number of hydrogen-bond donors (Lipinski definition) is 2. The first kappa shape index (κ1) is 16.6. The number of nitrogens with one attached hydrogen (secondary N) is 2. The second-order valence-corrected chi connectivity index (χ2v) is 6.89. The average molecular weight is 367 g/mol. The van der Waals surface area contributed by atoms with Gasteiger partial charge in [-0.15, -0.1) is 0 Å². The largest absolute Gasteiger partial charge is 0.481 e. The van der Waals surface area contributed by atoms with E-state index in [-0.39, 0.29) is 21.9 Å². The van der Waals surface area contributed by atoms with Crippen molar-refractivity contribution < 1.29 is 13.2 Å². The number of H-pyrrole nitrogens is 1. The molecule has 0 bridgehead atoms. The molecule has 2 aromatic rings. The van der Waals surface area contributed by atoms with Crippen molar-refractivity contribution in [2.75, 3.05) is 30.0 Å². The van der Waals surface area contributed by atoms with Crippen LogP contribution in [0.25, 0.3) is 0 Å². The summed E-state index contributed by atoms with van der Waals surface area (Å²) in [5.74, 6) is 0.851. The normalized spacial score (nSPS) is 11.3. The predicted octanol–water partition coefficient (Wildman–Crippen LogP) is 1.65. The molecule has 2 heterocycles. The van der Waals surface area contributed by atoms with Gasteiger partial charge in [0.1, 0.15) is 5.02 Å². The lowest BCUT2D eigenvalue weighted by Gasteiger charge is -2.18. The standard InChI is InChI=1S/C10H12Cl2N6O3S/c1-18(22(3,19)20)9-7(11)8(14-10(12)15-9)13-5-4-6(21-2)17-16-5/h4H,1-3H3,(H2,13,14,15,16,17). The Bertz CT molecular complexity index is 794. The number of methoxy groups -OCH3 is 1. The molecular weight excluding hydrogens is 355 g/mol. The zero-order chi connectivity index (χ0) is 16.5. The number of anilines is 3. The van der Waals surface area contributed by atoms with Crippen molar-refractivity contribution in [3.05, 3.63) is 16.4 Å². The number of rotatable bonds is 5. The molecule has 0 aliphatic carbocycles. The third-order valence-electron chi connectivity index (χ3n) is 2.62. The van der Waals surface area contributed by atoms with Crippen molar-refractivity contribution in [2.45, 2.75) is 0 Å². The molecule has 0 aromatic carbocycles. The Morgan fingerprint density at radius 1 is 1.36 bits per heavy atom. The maximum absolute atomic E-state index is 11.6. The molecule has 0 fully saturated rings. The number of sulfonamides is 1. The van der Waals surface area contributed by atoms with Crippen LogP contribution in [-0.2, 0) is 10.0 Å². The van der Waals surface area contributed by atoms with Gasteiger partial charge in [0.25, 0.3) is 0 Å². The Morgan fingerprint density at radius 3 is 2.59 bits per heavy atom. The summed E-state index contributed by atoms with van der Waals surface area (Å²) in [5.41, 5.74) is 0. The molecule has 0 saturated carbocycles. The third-order valence-corrected chi connectivity index (χ3v) is 4.31. The van der Waals surface area contributed by atoms with E-state index in [1.54, 1.807) is 6.07 Å². The average Bonchev–Trinajstić information content (AvgIpc) is 2.88. The molecule has 0 aliphatic heterocycles. The molecule has 0 saturated heterocycles. The molecule has 120 valence electrons. The summed E-state index contributed by atoms with van der Waals surface area (Å²) in [5, 5.41) is 9.15. The van der Waals surface area contributed by atoms with Gasteiger partial charge in [-0.1, -0.05) is 11.6 Å². The zero-order valence-corrected chi connectivity index (χ0v) is 14.1. The minimum absolute atomic E-state index is 0.0145. The number of ether oxygens (including phenoxy) is 1. The molecular formula is C10H12Cl2N6O3S. The van der Waals surface area contributed by atoms with E-state index in [0.29, 0.717) is 11.7 Å². The first-order valence-corrected chi connectivity index (χ1v) is 8.36. The van der Waals surface area contributed by atoms with Gasteiger partial charge in [0.15, 0.2) is 17.5 Å². The van der Waals surface area contributed by atoms with Crippen molar-refractivity contribution in [1.82, 2.24) is 20.2 Å². The molecule has 0 amide bonds. The van der Waals surface area contributed by atoms with Crippen molar-refractivity contribution in [2.24, 2.45) is 0 Å². The summed E-state index contributed by atoms with van der Waals surface area (Å²) in [6.07, 6.45) is 1.02. The second kappa shape index (κ2) is 6.15. The minimum Gasteiger partial charge on any atom is -0.481 e. The first-order valence-electron chi connectivity index (χ1n) is 5.75. The fraction of sp³-hybridized carbons (Fsp3) is 0.300. The van der Waals surface area contributed by atoms with Gasteiger partial charge in [0.2, 0.25) is 21.2 Å². The third kappa shape index (κ3) is 3.51. The van der Waals surface area contributed by atoms with E-state index >= 15 is 0 Å². The zero-order valence-electron chi connectivity index (χ0n) is 11.8. The van der Waals surface area contributed by atoms with E-state index in [1.165, 1.54) is 14.2 Å². The molecule has 22 heavy (non-hydrogen) atoms. The lowest BCUT2D eigenvalue weighted by Crippen LogP contribution is -2.26. The van der Waals surface area contributed by atoms with Gasteiger partial charge < -0.3 is 10.1 Å². The molecule has 0 spiro atoms. The molecule has 2 aromatic heterocycles. The SMILES string of the molecule is COc1cc(Nc2nc(Cl)nc(N(C)S(C)(=O)=O)c2Cl)n[nH]1. The van der Waals surface area contributed by atoms with Crippen molar-refractivity contribution in [1.29, 1.82) is 0 Å². The minimum atomic E-state index is -3.55. The Balaban J connectivity index is 2.42. The Labute approximate surface area is 136 Å². The van der Waals surface area contributed by atoms with Crippen molar-refractivity contribution in [3.8, 4) is 5.88 Å². The van der Waals surface area contributed by atoms with Crippen molar-refractivity contribution >= 4 is 50.7 Å². The molecule has 0 radical (unpaired) electrons. The maximum atomic E-state index is 11.6. The lowest BCUT2D eigenvalue weighted by molar-refractivity contribution is 0.397.